The van der Waals surface area contributed by atoms with Crippen molar-refractivity contribution in [3.8, 4) is 44.5 Å². The minimum Gasteiger partial charge on any atom is -0.309 e. The fraction of sp³-hybridized carbons (Fsp3) is 0.0323. The Morgan fingerprint density at radius 2 is 1.04 bits per heavy atom. The lowest BCUT2D eigenvalue weighted by Crippen LogP contribution is -2.16. The average molecular weight is 871 g/mol. The Morgan fingerprint density at radius 3 is 1.88 bits per heavy atom. The van der Waals surface area contributed by atoms with E-state index in [-0.39, 0.29) is 11.8 Å². The summed E-state index contributed by atoms with van der Waals surface area (Å²) in [5, 5.41) is 9.86. The molecule has 0 aliphatic heterocycles. The second kappa shape index (κ2) is 14.1. The van der Waals surface area contributed by atoms with Crippen molar-refractivity contribution in [2.45, 2.75) is 11.8 Å². The standard InChI is InChI=1S/C62H38N4S/c1-3-17-39(18-4-1)57-62(64-58-43-21-9-7-15-37(43)29-33-51(58)63-57)66-53-34-30-40(41-28-31-46-45-23-13-14-26-52(45)65(54(46)36-41)42-19-5-2-6-20-42)35-50(53)55-47-24-11-12-25-48(47)56-49-32-27-38-16-8-10-22-44(38)60(49)67-61(56)59(55)66/h1-36,47-48H. The molecule has 0 bridgehead atoms. The predicted octanol–water partition coefficient (Wildman–Crippen LogP) is 16.5. The maximum absolute atomic E-state index is 5.81. The van der Waals surface area contributed by atoms with Crippen LogP contribution in [0.2, 0.25) is 0 Å². The number of hydrogen-bond donors (Lipinski definition) is 0. The van der Waals surface area contributed by atoms with Gasteiger partial charge in [0.15, 0.2) is 5.82 Å². The largest absolute Gasteiger partial charge is 0.309 e. The lowest BCUT2D eigenvalue weighted by Gasteiger charge is -2.31. The molecule has 67 heavy (non-hydrogen) atoms. The molecular formula is C62H38N4S. The van der Waals surface area contributed by atoms with Crippen LogP contribution in [0, 0.1) is 0 Å². The van der Waals surface area contributed by atoms with E-state index in [9.17, 15) is 0 Å². The van der Waals surface area contributed by atoms with Crippen LogP contribution in [-0.2, 0) is 0 Å². The zero-order chi connectivity index (χ0) is 43.7. The molecule has 4 aromatic heterocycles. The Kier molecular flexibility index (Phi) is 7.74. The van der Waals surface area contributed by atoms with Crippen molar-refractivity contribution >= 4 is 86.7 Å². The van der Waals surface area contributed by atoms with Crippen molar-refractivity contribution in [3.05, 3.63) is 230 Å². The molecule has 9 aromatic carbocycles. The maximum Gasteiger partial charge on any atom is 0.165 e. The highest BCUT2D eigenvalue weighted by molar-refractivity contribution is 7.23. The molecular weight excluding hydrogens is 833 g/mol. The van der Waals surface area contributed by atoms with Crippen LogP contribution in [0.15, 0.2) is 218 Å². The van der Waals surface area contributed by atoms with E-state index in [0.29, 0.717) is 0 Å². The van der Waals surface area contributed by atoms with Gasteiger partial charge in [-0.25, -0.2) is 9.97 Å². The third kappa shape index (κ3) is 5.29. The van der Waals surface area contributed by atoms with Gasteiger partial charge in [0.05, 0.1) is 38.2 Å². The lowest BCUT2D eigenvalue weighted by molar-refractivity contribution is 0.729. The minimum absolute atomic E-state index is 0.105. The highest BCUT2D eigenvalue weighted by Gasteiger charge is 2.40. The van der Waals surface area contributed by atoms with Crippen LogP contribution >= 0.6 is 11.3 Å². The molecule has 312 valence electrons. The third-order valence-electron chi connectivity index (χ3n) is 14.5. The van der Waals surface area contributed by atoms with Gasteiger partial charge in [-0.2, -0.15) is 0 Å². The van der Waals surface area contributed by atoms with Crippen LogP contribution in [0.1, 0.15) is 23.0 Å². The van der Waals surface area contributed by atoms with Crippen molar-refractivity contribution in [3.63, 3.8) is 0 Å². The number of thiophene rings is 1. The van der Waals surface area contributed by atoms with Gasteiger partial charge in [0.2, 0.25) is 0 Å². The van der Waals surface area contributed by atoms with Crippen LogP contribution in [0.3, 0.4) is 0 Å². The summed E-state index contributed by atoms with van der Waals surface area (Å²) in [7, 11) is 0. The summed E-state index contributed by atoms with van der Waals surface area (Å²) in [5.41, 5.74) is 14.6. The monoisotopic (exact) mass is 870 g/mol. The van der Waals surface area contributed by atoms with E-state index in [0.717, 1.165) is 50.1 Å². The predicted molar refractivity (Wildman–Crippen MR) is 281 cm³/mol. The van der Waals surface area contributed by atoms with Gasteiger partial charge in [-0.1, -0.05) is 176 Å². The van der Waals surface area contributed by atoms with Crippen molar-refractivity contribution < 1.29 is 0 Å². The topological polar surface area (TPSA) is 35.6 Å². The fourth-order valence-electron chi connectivity index (χ4n) is 11.5. The highest BCUT2D eigenvalue weighted by Crippen LogP contribution is 2.59. The molecule has 2 aliphatic rings. The van der Waals surface area contributed by atoms with Gasteiger partial charge in [-0.05, 0) is 86.3 Å². The zero-order valence-corrected chi connectivity index (χ0v) is 37.0. The summed E-state index contributed by atoms with van der Waals surface area (Å²) in [6.45, 7) is 0. The van der Waals surface area contributed by atoms with Crippen LogP contribution in [0.25, 0.3) is 120 Å². The number of para-hydroxylation sites is 2. The van der Waals surface area contributed by atoms with E-state index in [2.05, 4.69) is 228 Å². The smallest absolute Gasteiger partial charge is 0.165 e. The molecule has 13 aromatic rings. The molecule has 0 radical (unpaired) electrons. The Morgan fingerprint density at radius 1 is 0.418 bits per heavy atom. The van der Waals surface area contributed by atoms with Gasteiger partial charge in [0, 0.05) is 49.3 Å². The first kappa shape index (κ1) is 36.9. The number of hydrogen-bond acceptors (Lipinski definition) is 3. The molecule has 2 atom stereocenters. The van der Waals surface area contributed by atoms with E-state index < -0.39 is 0 Å². The summed E-state index contributed by atoms with van der Waals surface area (Å²) >= 11 is 1.93. The van der Waals surface area contributed by atoms with Crippen molar-refractivity contribution in [1.29, 1.82) is 0 Å². The molecule has 0 spiro atoms. The number of fused-ring (bicyclic) bond motifs is 18. The van der Waals surface area contributed by atoms with E-state index >= 15 is 0 Å². The average Bonchev–Trinajstić information content (AvgIpc) is 4.07. The first-order chi connectivity index (χ1) is 33.2. The summed E-state index contributed by atoms with van der Waals surface area (Å²) in [4.78, 5) is 12.7. The highest BCUT2D eigenvalue weighted by atomic mass is 32.1. The van der Waals surface area contributed by atoms with E-state index in [1.807, 2.05) is 11.3 Å². The molecule has 4 heterocycles. The number of aromatic nitrogens is 4. The fourth-order valence-corrected chi connectivity index (χ4v) is 13.0. The van der Waals surface area contributed by atoms with Crippen LogP contribution < -0.4 is 0 Å². The third-order valence-corrected chi connectivity index (χ3v) is 15.7. The van der Waals surface area contributed by atoms with Gasteiger partial charge in [0.1, 0.15) is 5.69 Å². The Balaban J connectivity index is 1.07. The summed E-state index contributed by atoms with van der Waals surface area (Å²) in [5.74, 6) is 1.11. The number of nitrogens with zero attached hydrogens (tertiary/aromatic N) is 4. The van der Waals surface area contributed by atoms with E-state index in [1.165, 1.54) is 80.9 Å². The summed E-state index contributed by atoms with van der Waals surface area (Å²) < 4.78 is 6.23. The first-order valence-corrected chi connectivity index (χ1v) is 23.9. The molecule has 0 amide bonds. The second-order valence-electron chi connectivity index (χ2n) is 18.0. The quantitative estimate of drug-likeness (QED) is 0.165. The number of allylic oxidation sites excluding steroid dienone is 4. The SMILES string of the molecule is C1=CC2c3c(sc4c3ccc3ccccc34)-c3c(c4cc(-c5ccc6c7ccccc7n(-c7ccccc7)c6c5)ccc4n3-c3nc4c(ccc5ccccc54)nc3-c3ccccc3)C2C=C1. The molecule has 15 rings (SSSR count). The molecule has 0 saturated carbocycles. The summed E-state index contributed by atoms with van der Waals surface area (Å²) in [6.07, 6.45) is 9.38. The Bertz CT molecular complexity index is 4280. The van der Waals surface area contributed by atoms with Crippen LogP contribution in [0.5, 0.6) is 0 Å². The molecule has 2 unspecified atom stereocenters. The normalized spacial score (nSPS) is 15.3. The van der Waals surface area contributed by atoms with E-state index in [4.69, 9.17) is 9.97 Å². The first-order valence-electron chi connectivity index (χ1n) is 23.1. The van der Waals surface area contributed by atoms with Gasteiger partial charge >= 0.3 is 0 Å². The Labute approximate surface area is 389 Å². The number of benzene rings is 9. The van der Waals surface area contributed by atoms with Crippen LogP contribution in [0.4, 0.5) is 0 Å². The van der Waals surface area contributed by atoms with Gasteiger partial charge in [-0.3, -0.25) is 4.57 Å². The van der Waals surface area contributed by atoms with Crippen molar-refractivity contribution in [2.24, 2.45) is 0 Å². The zero-order valence-electron chi connectivity index (χ0n) is 36.1. The van der Waals surface area contributed by atoms with Crippen molar-refractivity contribution in [1.82, 2.24) is 19.1 Å². The molecule has 4 nitrogen and oxygen atoms in total. The molecule has 2 aliphatic carbocycles. The molecule has 0 N–H and O–H groups in total. The van der Waals surface area contributed by atoms with Gasteiger partial charge < -0.3 is 4.57 Å². The van der Waals surface area contributed by atoms with Gasteiger partial charge in [0.25, 0.3) is 0 Å². The van der Waals surface area contributed by atoms with E-state index in [1.54, 1.807) is 0 Å². The van der Waals surface area contributed by atoms with Crippen molar-refractivity contribution in [2.75, 3.05) is 0 Å². The van der Waals surface area contributed by atoms with Gasteiger partial charge in [-0.15, -0.1) is 11.3 Å². The van der Waals surface area contributed by atoms with Crippen LogP contribution in [-0.4, -0.2) is 19.1 Å². The number of rotatable bonds is 4. The summed E-state index contributed by atoms with van der Waals surface area (Å²) in [6, 6.07) is 70.7. The lowest BCUT2D eigenvalue weighted by atomic mass is 9.73. The Hall–Kier alpha value is -8.38. The molecule has 0 fully saturated rings. The second-order valence-corrected chi connectivity index (χ2v) is 19.0. The maximum atomic E-state index is 5.81. The molecule has 0 saturated heterocycles. The molecule has 5 heteroatoms. The minimum atomic E-state index is 0.105.